The van der Waals surface area contributed by atoms with Crippen molar-refractivity contribution in [3.63, 3.8) is 0 Å². The van der Waals surface area contributed by atoms with E-state index in [-0.39, 0.29) is 33.0 Å². The lowest BCUT2D eigenvalue weighted by Crippen LogP contribution is -2.41. The van der Waals surface area contributed by atoms with Gasteiger partial charge in [-0.05, 0) is 36.7 Å². The lowest BCUT2D eigenvalue weighted by molar-refractivity contribution is -0.131. The fourth-order valence-electron chi connectivity index (χ4n) is 2.34. The van der Waals surface area contributed by atoms with Crippen LogP contribution < -0.4 is 5.32 Å². The van der Waals surface area contributed by atoms with Crippen LogP contribution in [0.5, 0.6) is 0 Å². The van der Waals surface area contributed by atoms with Crippen LogP contribution in [0.4, 0.5) is 0 Å². The molecule has 6 nitrogen and oxygen atoms in total. The molecule has 0 spiro atoms. The minimum atomic E-state index is -0.907. The van der Waals surface area contributed by atoms with Gasteiger partial charge in [-0.25, -0.2) is 4.79 Å². The van der Waals surface area contributed by atoms with E-state index in [1.807, 2.05) is 13.8 Å². The number of carbonyl (C=O) groups is 2. The van der Waals surface area contributed by atoms with Crippen molar-refractivity contribution >= 4 is 46.6 Å². The van der Waals surface area contributed by atoms with Crippen LogP contribution in [-0.4, -0.2) is 41.6 Å². The third-order valence-electron chi connectivity index (χ3n) is 3.55. The number of amides is 1. The summed E-state index contributed by atoms with van der Waals surface area (Å²) in [7, 11) is 0. The number of nitrogens with one attached hydrogen (secondary N) is 1. The van der Waals surface area contributed by atoms with E-state index in [1.54, 1.807) is 0 Å². The van der Waals surface area contributed by atoms with Gasteiger partial charge in [0.25, 0.3) is 5.91 Å². The van der Waals surface area contributed by atoms with Crippen molar-refractivity contribution in [1.29, 1.82) is 0 Å². The molecule has 2 atom stereocenters. The van der Waals surface area contributed by atoms with Crippen LogP contribution in [0, 0.1) is 5.92 Å². The number of halogens is 2. The molecule has 1 N–H and O–H groups in total. The van der Waals surface area contributed by atoms with Crippen molar-refractivity contribution in [2.45, 2.75) is 45.3 Å². The van der Waals surface area contributed by atoms with Crippen LogP contribution in [0.25, 0.3) is 0 Å². The molecule has 9 heteroatoms. The molecule has 0 saturated carbocycles. The molecule has 1 aromatic rings. The molecule has 1 aliphatic rings. The summed E-state index contributed by atoms with van der Waals surface area (Å²) in [5, 5.41) is 2.84. The quantitative estimate of drug-likeness (QED) is 0.717. The molecule has 1 aliphatic heterocycles. The van der Waals surface area contributed by atoms with Gasteiger partial charge in [0, 0.05) is 13.2 Å². The van der Waals surface area contributed by atoms with Crippen molar-refractivity contribution in [3.8, 4) is 0 Å². The number of aromatic nitrogens is 1. The van der Waals surface area contributed by atoms with Crippen LogP contribution in [0.3, 0.4) is 0 Å². The van der Waals surface area contributed by atoms with E-state index in [2.05, 4.69) is 9.69 Å². The van der Waals surface area contributed by atoms with Gasteiger partial charge in [-0.3, -0.25) is 4.79 Å². The highest BCUT2D eigenvalue weighted by Gasteiger charge is 2.28. The zero-order chi connectivity index (χ0) is 17.7. The fourth-order valence-corrected chi connectivity index (χ4v) is 3.32. The smallest absolute Gasteiger partial charge is 0.360 e. The third kappa shape index (κ3) is 5.31. The summed E-state index contributed by atoms with van der Waals surface area (Å²) >= 11 is 12.6. The standard InChI is InChI=1S/C15H20Cl2N2O4S/c1-8(2)6-10(14(20)18-7-9-4-3-5-22-9)23-15(21)12-11(16)13(17)24-19-12/h8-10H,3-7H2,1-2H3,(H,18,20)/t9-,10+/m1/s1. The Labute approximate surface area is 155 Å². The first-order chi connectivity index (χ1) is 11.4. The number of rotatable bonds is 7. The molecule has 1 amide bonds. The maximum Gasteiger partial charge on any atom is 0.360 e. The van der Waals surface area contributed by atoms with Crippen molar-refractivity contribution in [1.82, 2.24) is 9.69 Å². The number of carbonyl (C=O) groups excluding carboxylic acids is 2. The summed E-state index contributed by atoms with van der Waals surface area (Å²) in [5.41, 5.74) is -0.0626. The van der Waals surface area contributed by atoms with E-state index in [0.717, 1.165) is 24.4 Å². The molecule has 24 heavy (non-hydrogen) atoms. The van der Waals surface area contributed by atoms with Gasteiger partial charge in [-0.15, -0.1) is 0 Å². The second kappa shape index (κ2) is 8.99. The monoisotopic (exact) mass is 394 g/mol. The molecule has 0 aromatic carbocycles. The lowest BCUT2D eigenvalue weighted by atomic mass is 10.1. The van der Waals surface area contributed by atoms with Crippen molar-refractivity contribution in [3.05, 3.63) is 15.1 Å². The number of ether oxygens (including phenoxy) is 2. The van der Waals surface area contributed by atoms with Crippen molar-refractivity contribution < 1.29 is 19.1 Å². The third-order valence-corrected chi connectivity index (χ3v) is 5.16. The molecule has 0 aliphatic carbocycles. The summed E-state index contributed by atoms with van der Waals surface area (Å²) < 4.78 is 14.9. The first-order valence-electron chi connectivity index (χ1n) is 7.79. The second-order valence-corrected chi connectivity index (χ2v) is 7.78. The number of esters is 1. The van der Waals surface area contributed by atoms with Crippen LogP contribution in [0.2, 0.25) is 9.36 Å². The van der Waals surface area contributed by atoms with Gasteiger partial charge in [0.15, 0.2) is 11.8 Å². The molecule has 2 rings (SSSR count). The minimum Gasteiger partial charge on any atom is -0.447 e. The zero-order valence-corrected chi connectivity index (χ0v) is 15.8. The van der Waals surface area contributed by atoms with Gasteiger partial charge >= 0.3 is 5.97 Å². The van der Waals surface area contributed by atoms with Gasteiger partial charge in [0.2, 0.25) is 0 Å². The maximum atomic E-state index is 12.4. The van der Waals surface area contributed by atoms with Crippen LogP contribution in [0.15, 0.2) is 0 Å². The first kappa shape index (κ1) is 19.4. The Hall–Kier alpha value is -0.890. The lowest BCUT2D eigenvalue weighted by Gasteiger charge is -2.20. The molecule has 1 saturated heterocycles. The molecule has 2 heterocycles. The Kier molecular flexibility index (Phi) is 7.28. The van der Waals surface area contributed by atoms with Gasteiger partial charge in [-0.2, -0.15) is 4.37 Å². The summed E-state index contributed by atoms with van der Waals surface area (Å²) in [5.74, 6) is -0.920. The van der Waals surface area contributed by atoms with E-state index < -0.39 is 12.1 Å². The Morgan fingerprint density at radius 1 is 1.46 bits per heavy atom. The summed E-state index contributed by atoms with van der Waals surface area (Å²) in [6, 6.07) is 0. The molecule has 134 valence electrons. The largest absolute Gasteiger partial charge is 0.447 e. The summed E-state index contributed by atoms with van der Waals surface area (Å²) in [6.45, 7) is 5.02. The Morgan fingerprint density at radius 2 is 2.21 bits per heavy atom. The molecule has 0 unspecified atom stereocenters. The molecule has 0 bridgehead atoms. The van der Waals surface area contributed by atoms with E-state index >= 15 is 0 Å². The van der Waals surface area contributed by atoms with E-state index in [1.165, 1.54) is 0 Å². The average molecular weight is 395 g/mol. The molecule has 1 fully saturated rings. The van der Waals surface area contributed by atoms with Gasteiger partial charge in [0.1, 0.15) is 9.36 Å². The topological polar surface area (TPSA) is 77.5 Å². The zero-order valence-electron chi connectivity index (χ0n) is 13.5. The molecular weight excluding hydrogens is 375 g/mol. The molecule has 0 radical (unpaired) electrons. The van der Waals surface area contributed by atoms with Gasteiger partial charge in [0.05, 0.1) is 6.10 Å². The highest BCUT2D eigenvalue weighted by molar-refractivity contribution is 7.11. The van der Waals surface area contributed by atoms with Crippen LogP contribution >= 0.6 is 34.7 Å². The van der Waals surface area contributed by atoms with Crippen molar-refractivity contribution in [2.24, 2.45) is 5.92 Å². The second-order valence-electron chi connectivity index (χ2n) is 6.02. The normalized spacial score (nSPS) is 18.6. The Balaban J connectivity index is 1.97. The minimum absolute atomic E-state index is 0.0242. The van der Waals surface area contributed by atoms with Crippen molar-refractivity contribution in [2.75, 3.05) is 13.2 Å². The number of hydrogen-bond acceptors (Lipinski definition) is 6. The van der Waals surface area contributed by atoms with Crippen LogP contribution in [0.1, 0.15) is 43.6 Å². The highest BCUT2D eigenvalue weighted by atomic mass is 35.5. The Bertz CT molecular complexity index is 588. The predicted octanol–water partition coefficient (Wildman–Crippen LogP) is 3.32. The molecule has 1 aromatic heterocycles. The van der Waals surface area contributed by atoms with E-state index in [0.29, 0.717) is 19.6 Å². The summed E-state index contributed by atoms with van der Waals surface area (Å²) in [6.07, 6.45) is 1.43. The average Bonchev–Trinajstić information content (AvgIpc) is 3.15. The number of hydrogen-bond donors (Lipinski definition) is 1. The predicted molar refractivity (Wildman–Crippen MR) is 92.8 cm³/mol. The van der Waals surface area contributed by atoms with Crippen LogP contribution in [-0.2, 0) is 14.3 Å². The SMILES string of the molecule is CC(C)C[C@H](OC(=O)c1nsc(Cl)c1Cl)C(=O)NC[C@H]1CCCO1. The fraction of sp³-hybridized carbons (Fsp3) is 0.667. The Morgan fingerprint density at radius 3 is 2.75 bits per heavy atom. The van der Waals surface area contributed by atoms with E-state index in [9.17, 15) is 9.59 Å². The number of nitrogens with zero attached hydrogens (tertiary/aromatic N) is 1. The maximum absolute atomic E-state index is 12.4. The van der Waals surface area contributed by atoms with Gasteiger partial charge in [-0.1, -0.05) is 37.0 Å². The first-order valence-corrected chi connectivity index (χ1v) is 9.32. The molecular formula is C15H20Cl2N2O4S. The van der Waals surface area contributed by atoms with E-state index in [4.69, 9.17) is 32.7 Å². The van der Waals surface area contributed by atoms with Gasteiger partial charge < -0.3 is 14.8 Å². The summed E-state index contributed by atoms with van der Waals surface area (Å²) in [4.78, 5) is 24.6. The highest BCUT2D eigenvalue weighted by Crippen LogP contribution is 2.30.